The van der Waals surface area contributed by atoms with Gasteiger partial charge in [0.25, 0.3) is 0 Å². The van der Waals surface area contributed by atoms with Crippen LogP contribution in [0.5, 0.6) is 0 Å². The molecule has 8 heteroatoms. The van der Waals surface area contributed by atoms with E-state index in [4.69, 9.17) is 5.73 Å². The van der Waals surface area contributed by atoms with E-state index in [2.05, 4.69) is 11.9 Å². The number of urea groups is 1. The molecule has 3 amide bonds. The maximum Gasteiger partial charge on any atom is 0.320 e. The molecule has 1 heterocycles. The lowest BCUT2D eigenvalue weighted by Gasteiger charge is -2.34. The van der Waals surface area contributed by atoms with Gasteiger partial charge in [-0.15, -0.1) is 0 Å². The Balaban J connectivity index is 2.99. The van der Waals surface area contributed by atoms with Gasteiger partial charge in [-0.05, 0) is 26.8 Å². The molecule has 1 aliphatic rings. The number of nitrogens with one attached hydrogen (secondary N) is 1. The summed E-state index contributed by atoms with van der Waals surface area (Å²) < 4.78 is 0. The average Bonchev–Trinajstić information content (AvgIpc) is 2.82. The van der Waals surface area contributed by atoms with Crippen LogP contribution in [0.15, 0.2) is 12.7 Å². The molecule has 1 fully saturated rings. The van der Waals surface area contributed by atoms with E-state index in [1.807, 2.05) is 20.8 Å². The van der Waals surface area contributed by atoms with Gasteiger partial charge in [-0.3, -0.25) is 9.59 Å². The largest absolute Gasteiger partial charge is 0.481 e. The zero-order valence-corrected chi connectivity index (χ0v) is 13.9. The molecule has 1 aliphatic heterocycles. The molecule has 1 saturated heterocycles. The first-order valence-corrected chi connectivity index (χ1v) is 7.70. The Bertz CT molecular complexity index is 480. The minimum Gasteiger partial charge on any atom is -0.481 e. The van der Waals surface area contributed by atoms with Crippen molar-refractivity contribution in [2.24, 2.45) is 11.7 Å². The summed E-state index contributed by atoms with van der Waals surface area (Å²) in [6.45, 7) is 9.63. The molecule has 0 bridgehead atoms. The number of carboxylic acids is 1. The summed E-state index contributed by atoms with van der Waals surface area (Å²) in [5, 5.41) is 11.9. The van der Waals surface area contributed by atoms with Crippen molar-refractivity contribution in [1.82, 2.24) is 15.1 Å². The molecule has 0 aromatic carbocycles. The molecule has 0 radical (unpaired) electrons. The molecule has 130 valence electrons. The average molecular weight is 326 g/mol. The number of nitrogens with two attached hydrogens (primary N) is 1. The smallest absolute Gasteiger partial charge is 0.320 e. The molecule has 0 aromatic rings. The second-order valence-corrected chi connectivity index (χ2v) is 5.85. The first kappa shape index (κ1) is 19.0. The third kappa shape index (κ3) is 4.22. The van der Waals surface area contributed by atoms with E-state index in [1.54, 1.807) is 4.90 Å². The Hall–Kier alpha value is -2.09. The maximum absolute atomic E-state index is 12.7. The van der Waals surface area contributed by atoms with Crippen molar-refractivity contribution in [3.05, 3.63) is 12.7 Å². The Morgan fingerprint density at radius 1 is 1.48 bits per heavy atom. The van der Waals surface area contributed by atoms with Crippen LogP contribution in [0.2, 0.25) is 0 Å². The van der Waals surface area contributed by atoms with Gasteiger partial charge in [-0.1, -0.05) is 6.58 Å². The Kier molecular flexibility index (Phi) is 6.56. The first-order chi connectivity index (χ1) is 10.7. The summed E-state index contributed by atoms with van der Waals surface area (Å²) in [6, 6.07) is -1.59. The highest BCUT2D eigenvalue weighted by molar-refractivity contribution is 5.87. The quantitative estimate of drug-likeness (QED) is 0.587. The molecule has 0 saturated carbocycles. The van der Waals surface area contributed by atoms with E-state index in [0.717, 1.165) is 6.08 Å². The fraction of sp³-hybridized carbons (Fsp3) is 0.667. The van der Waals surface area contributed by atoms with Gasteiger partial charge in [0, 0.05) is 31.7 Å². The van der Waals surface area contributed by atoms with Crippen molar-refractivity contribution in [3.8, 4) is 0 Å². The van der Waals surface area contributed by atoms with Crippen LogP contribution in [0.4, 0.5) is 4.79 Å². The lowest BCUT2D eigenvalue weighted by molar-refractivity contribution is -0.141. The van der Waals surface area contributed by atoms with Gasteiger partial charge in [0.05, 0.1) is 12.0 Å². The van der Waals surface area contributed by atoms with Crippen molar-refractivity contribution in [2.45, 2.75) is 38.9 Å². The number of nitrogens with zero attached hydrogens (tertiary/aromatic N) is 2. The van der Waals surface area contributed by atoms with Gasteiger partial charge in [-0.2, -0.15) is 0 Å². The van der Waals surface area contributed by atoms with Crippen LogP contribution in [-0.4, -0.2) is 70.6 Å². The van der Waals surface area contributed by atoms with Crippen LogP contribution < -0.4 is 11.1 Å². The second-order valence-electron chi connectivity index (χ2n) is 5.85. The van der Waals surface area contributed by atoms with Crippen molar-refractivity contribution in [3.63, 3.8) is 0 Å². The van der Waals surface area contributed by atoms with Crippen LogP contribution in [0.3, 0.4) is 0 Å². The molecule has 0 aromatic heterocycles. The Morgan fingerprint density at radius 2 is 2.09 bits per heavy atom. The van der Waals surface area contributed by atoms with Crippen LogP contribution >= 0.6 is 0 Å². The number of aliphatic carboxylic acids is 1. The highest BCUT2D eigenvalue weighted by atomic mass is 16.4. The van der Waals surface area contributed by atoms with Crippen LogP contribution in [0.1, 0.15) is 20.8 Å². The number of carbonyl (C=O) groups excluding carboxylic acids is 2. The van der Waals surface area contributed by atoms with E-state index in [0.29, 0.717) is 6.54 Å². The topological polar surface area (TPSA) is 116 Å². The third-order valence-electron chi connectivity index (χ3n) is 4.15. The lowest BCUT2D eigenvalue weighted by Crippen LogP contribution is -2.54. The maximum atomic E-state index is 12.7. The second kappa shape index (κ2) is 7.96. The monoisotopic (exact) mass is 326 g/mol. The van der Waals surface area contributed by atoms with Gasteiger partial charge in [0.15, 0.2) is 0 Å². The molecular weight excluding hydrogens is 300 g/mol. The summed E-state index contributed by atoms with van der Waals surface area (Å²) in [7, 11) is 0. The predicted octanol–water partition coefficient (Wildman–Crippen LogP) is -0.149. The number of likely N-dealkylation sites (tertiary alicyclic amines) is 1. The normalized spacial score (nSPS) is 23.7. The molecule has 3 atom stereocenters. The fourth-order valence-corrected chi connectivity index (χ4v) is 2.82. The first-order valence-electron chi connectivity index (χ1n) is 7.70. The van der Waals surface area contributed by atoms with Gasteiger partial charge >= 0.3 is 12.0 Å². The van der Waals surface area contributed by atoms with Gasteiger partial charge in [0.1, 0.15) is 0 Å². The highest BCUT2D eigenvalue weighted by Crippen LogP contribution is 2.24. The van der Waals surface area contributed by atoms with Crippen molar-refractivity contribution < 1.29 is 19.5 Å². The number of carboxylic acid groups (broad SMARTS) is 1. The van der Waals surface area contributed by atoms with Gasteiger partial charge < -0.3 is 26.0 Å². The van der Waals surface area contributed by atoms with Crippen molar-refractivity contribution in [2.75, 3.05) is 19.6 Å². The van der Waals surface area contributed by atoms with Crippen LogP contribution in [0.25, 0.3) is 0 Å². The number of hydrogen-bond donors (Lipinski definition) is 3. The fourth-order valence-electron chi connectivity index (χ4n) is 2.82. The van der Waals surface area contributed by atoms with Gasteiger partial charge in [0.2, 0.25) is 5.91 Å². The minimum absolute atomic E-state index is 0.0176. The van der Waals surface area contributed by atoms with E-state index < -0.39 is 24.0 Å². The summed E-state index contributed by atoms with van der Waals surface area (Å²) in [5.41, 5.74) is 6.03. The molecule has 23 heavy (non-hydrogen) atoms. The summed E-state index contributed by atoms with van der Waals surface area (Å²) in [6.07, 6.45) is 1.12. The number of carbonyl (C=O) groups is 3. The molecule has 4 N–H and O–H groups in total. The lowest BCUT2D eigenvalue weighted by atomic mass is 10.00. The minimum atomic E-state index is -1.04. The molecule has 1 rings (SSSR count). The van der Waals surface area contributed by atoms with E-state index in [-0.39, 0.29) is 31.1 Å². The van der Waals surface area contributed by atoms with Crippen LogP contribution in [-0.2, 0) is 9.59 Å². The summed E-state index contributed by atoms with van der Waals surface area (Å²) >= 11 is 0. The SMILES string of the molecule is C=CC(=O)NCC1[C@H](N)[C@H](C(=O)O)CN1C(=O)N(CC)C(C)C. The van der Waals surface area contributed by atoms with Crippen LogP contribution in [0, 0.1) is 5.92 Å². The predicted molar refractivity (Wildman–Crippen MR) is 85.7 cm³/mol. The highest BCUT2D eigenvalue weighted by Gasteiger charge is 2.46. The van der Waals surface area contributed by atoms with E-state index in [9.17, 15) is 19.5 Å². The number of amides is 3. The molecular formula is C15H26N4O4. The third-order valence-corrected chi connectivity index (χ3v) is 4.15. The number of hydrogen-bond acceptors (Lipinski definition) is 4. The van der Waals surface area contributed by atoms with E-state index >= 15 is 0 Å². The zero-order chi connectivity index (χ0) is 17.7. The molecule has 0 spiro atoms. The summed E-state index contributed by atoms with van der Waals surface area (Å²) in [4.78, 5) is 38.5. The summed E-state index contributed by atoms with van der Waals surface area (Å²) in [5.74, 6) is -2.28. The zero-order valence-electron chi connectivity index (χ0n) is 13.9. The van der Waals surface area contributed by atoms with E-state index in [1.165, 1.54) is 4.90 Å². The Labute approximate surface area is 136 Å². The molecule has 0 aliphatic carbocycles. The number of rotatable bonds is 6. The molecule has 8 nitrogen and oxygen atoms in total. The van der Waals surface area contributed by atoms with Gasteiger partial charge in [-0.25, -0.2) is 4.79 Å². The Morgan fingerprint density at radius 3 is 2.52 bits per heavy atom. The molecule has 1 unspecified atom stereocenters. The standard InChI is InChI=1S/C15H26N4O4/c1-5-12(20)17-7-11-13(16)10(14(21)22)8-19(11)15(23)18(6-2)9(3)4/h5,9-11,13H,1,6-8,16H2,2-4H3,(H,17,20)(H,21,22)/t10-,11?,13-/m1/s1. The van der Waals surface area contributed by atoms with Crippen molar-refractivity contribution >= 4 is 17.9 Å². The van der Waals surface area contributed by atoms with Crippen molar-refractivity contribution in [1.29, 1.82) is 0 Å².